The Balaban J connectivity index is 1.56. The third-order valence-electron chi connectivity index (χ3n) is 5.87. The van der Waals surface area contributed by atoms with Crippen LogP contribution in [-0.2, 0) is 16.5 Å². The molecule has 3 N–H and O–H groups in total. The highest BCUT2D eigenvalue weighted by atomic mass is 35.5. The second kappa shape index (κ2) is 9.39. The van der Waals surface area contributed by atoms with Gasteiger partial charge in [0.15, 0.2) is 5.82 Å². The van der Waals surface area contributed by atoms with Crippen molar-refractivity contribution < 1.29 is 9.00 Å². The van der Waals surface area contributed by atoms with Crippen LogP contribution in [0.3, 0.4) is 0 Å². The molecule has 1 aliphatic heterocycles. The molecule has 1 aromatic carbocycles. The summed E-state index contributed by atoms with van der Waals surface area (Å²) >= 11 is 7.53. The van der Waals surface area contributed by atoms with Crippen molar-refractivity contribution >= 4 is 77.2 Å². The van der Waals surface area contributed by atoms with E-state index in [1.807, 2.05) is 19.1 Å². The summed E-state index contributed by atoms with van der Waals surface area (Å²) in [4.78, 5) is 33.1. The number of fused-ring (bicyclic) bond motifs is 5. The van der Waals surface area contributed by atoms with Gasteiger partial charge in [0.05, 0.1) is 22.9 Å². The Morgan fingerprint density at radius 3 is 2.89 bits per heavy atom. The molecular formula is C22H24ClN9O2S2. The van der Waals surface area contributed by atoms with Crippen LogP contribution in [0.25, 0.3) is 21.1 Å². The molecule has 3 aromatic heterocycles. The van der Waals surface area contributed by atoms with Crippen molar-refractivity contribution in [1.82, 2.24) is 30.0 Å². The summed E-state index contributed by atoms with van der Waals surface area (Å²) in [5.74, 6) is 0.950. The first-order chi connectivity index (χ1) is 17.2. The molecule has 1 aliphatic rings. The van der Waals surface area contributed by atoms with Crippen LogP contribution in [0, 0.1) is 0 Å². The normalized spacial score (nSPS) is 17.1. The lowest BCUT2D eigenvalue weighted by Gasteiger charge is -2.20. The van der Waals surface area contributed by atoms with Crippen LogP contribution < -0.4 is 20.3 Å². The number of nitrogens with one attached hydrogen (secondary N) is 3. The quantitative estimate of drug-likeness (QED) is 0.325. The Morgan fingerprint density at radius 1 is 1.31 bits per heavy atom. The van der Waals surface area contributed by atoms with Gasteiger partial charge in [-0.1, -0.05) is 0 Å². The van der Waals surface area contributed by atoms with Crippen molar-refractivity contribution in [3.8, 4) is 0 Å². The molecule has 1 amide bonds. The number of hydrogen-bond donors (Lipinski definition) is 3. The largest absolute Gasteiger partial charge is 0.381 e. The summed E-state index contributed by atoms with van der Waals surface area (Å²) in [6, 6.07) is 3.86. The fourth-order valence-corrected chi connectivity index (χ4v) is 5.69. The lowest BCUT2D eigenvalue weighted by molar-refractivity contribution is 0.0949. The molecule has 0 aliphatic carbocycles. The van der Waals surface area contributed by atoms with E-state index in [1.165, 1.54) is 24.6 Å². The smallest absolute Gasteiger partial charge is 0.263 e. The molecule has 1 unspecified atom stereocenters. The van der Waals surface area contributed by atoms with Crippen LogP contribution in [-0.4, -0.2) is 63.0 Å². The molecule has 0 fully saturated rings. The SMILES string of the molecule is CN=S(C)(=O)NCc1cnc(Cl)nc1N(C)c1cnc2c(ccc3sc4c(c32)NC[C@@H](C)NC4=O)n1. The molecule has 4 aromatic rings. The summed E-state index contributed by atoms with van der Waals surface area (Å²) in [6.07, 6.45) is 4.76. The molecule has 11 nitrogen and oxygen atoms in total. The van der Waals surface area contributed by atoms with Gasteiger partial charge < -0.3 is 15.5 Å². The maximum Gasteiger partial charge on any atom is 0.263 e. The van der Waals surface area contributed by atoms with Crippen molar-refractivity contribution in [3.05, 3.63) is 40.3 Å². The molecule has 5 rings (SSSR count). The first kappa shape index (κ1) is 24.6. The summed E-state index contributed by atoms with van der Waals surface area (Å²) in [5, 5.41) is 7.36. The van der Waals surface area contributed by atoms with Gasteiger partial charge in [0.25, 0.3) is 5.91 Å². The minimum absolute atomic E-state index is 0.0175. The Hall–Kier alpha value is -3.13. The van der Waals surface area contributed by atoms with Crippen LogP contribution in [0.4, 0.5) is 17.3 Å². The topological polar surface area (TPSA) is 137 Å². The predicted molar refractivity (Wildman–Crippen MR) is 145 cm³/mol. The maximum atomic E-state index is 12.7. The van der Waals surface area contributed by atoms with Crippen LogP contribution in [0.15, 0.2) is 28.9 Å². The number of aromatic nitrogens is 4. The van der Waals surface area contributed by atoms with Gasteiger partial charge in [-0.15, -0.1) is 11.3 Å². The molecule has 14 heteroatoms. The first-order valence-electron chi connectivity index (χ1n) is 11.0. The van der Waals surface area contributed by atoms with E-state index in [2.05, 4.69) is 29.7 Å². The zero-order chi connectivity index (χ0) is 25.6. The molecule has 0 bridgehead atoms. The van der Waals surface area contributed by atoms with Crippen LogP contribution in [0.1, 0.15) is 22.2 Å². The Kier molecular flexibility index (Phi) is 6.41. The molecule has 0 radical (unpaired) electrons. The third-order valence-corrected chi connectivity index (χ3v) is 8.59. The third kappa shape index (κ3) is 4.54. The number of amides is 1. The number of benzene rings is 1. The highest BCUT2D eigenvalue weighted by Crippen LogP contribution is 2.40. The van der Waals surface area contributed by atoms with Gasteiger partial charge in [-0.3, -0.25) is 4.79 Å². The number of thiophene rings is 1. The summed E-state index contributed by atoms with van der Waals surface area (Å²) in [6.45, 7) is 2.80. The summed E-state index contributed by atoms with van der Waals surface area (Å²) in [7, 11) is 0.757. The van der Waals surface area contributed by atoms with Crippen LogP contribution in [0.5, 0.6) is 0 Å². The average molecular weight is 546 g/mol. The number of carbonyl (C=O) groups is 1. The summed E-state index contributed by atoms with van der Waals surface area (Å²) in [5.41, 5.74) is 2.84. The van der Waals surface area contributed by atoms with Gasteiger partial charge in [-0.2, -0.15) is 4.98 Å². The number of hydrogen-bond acceptors (Lipinski definition) is 10. The fraction of sp³-hybridized carbons (Fsp3) is 0.318. The minimum atomic E-state index is -2.54. The summed E-state index contributed by atoms with van der Waals surface area (Å²) < 4.78 is 20.1. The Bertz CT molecular complexity index is 1630. The van der Waals surface area contributed by atoms with Crippen molar-refractivity contribution in [1.29, 1.82) is 0 Å². The van der Waals surface area contributed by atoms with Gasteiger partial charge in [-0.25, -0.2) is 28.2 Å². The standard InChI is InChI=1S/C22H24ClN9O2S2/c1-11-7-25-18-16-14(35-19(18)21(33)29-11)6-5-13-17(16)26-10-15(30-13)32(3)20-12(8-27-22(23)31-20)9-28-36(4,34)24-2/h5-6,8,10-11,25H,7,9H2,1-4H3,(H,29,33)(H,24,28,34)/t11-,36?/m1/s1. The van der Waals surface area contributed by atoms with Crippen LogP contribution in [0.2, 0.25) is 5.28 Å². The fourth-order valence-electron chi connectivity index (χ4n) is 3.92. The van der Waals surface area contributed by atoms with Crippen molar-refractivity contribution in [2.75, 3.05) is 37.1 Å². The molecule has 4 heterocycles. The van der Waals surface area contributed by atoms with Gasteiger partial charge in [0, 0.05) is 61.3 Å². The number of halogens is 1. The zero-order valence-corrected chi connectivity index (χ0v) is 22.4. The Labute approximate surface area is 217 Å². The van der Waals surface area contributed by atoms with Crippen molar-refractivity contribution in [2.45, 2.75) is 19.5 Å². The number of rotatable bonds is 5. The predicted octanol–water partition coefficient (Wildman–Crippen LogP) is 3.33. The number of carbonyl (C=O) groups excluding carboxylic acids is 1. The van der Waals surface area contributed by atoms with Gasteiger partial charge in [0.1, 0.15) is 20.6 Å². The van der Waals surface area contributed by atoms with E-state index < -0.39 is 9.92 Å². The molecule has 0 spiro atoms. The monoisotopic (exact) mass is 545 g/mol. The van der Waals surface area contributed by atoms with Gasteiger partial charge in [-0.05, 0) is 30.7 Å². The second-order valence-corrected chi connectivity index (χ2v) is 12.1. The van der Waals surface area contributed by atoms with Gasteiger partial charge >= 0.3 is 0 Å². The van der Waals surface area contributed by atoms with E-state index in [-0.39, 0.29) is 23.8 Å². The zero-order valence-electron chi connectivity index (χ0n) is 20.0. The highest BCUT2D eigenvalue weighted by Gasteiger charge is 2.25. The molecule has 2 atom stereocenters. The van der Waals surface area contributed by atoms with Gasteiger partial charge in [0.2, 0.25) is 5.28 Å². The average Bonchev–Trinajstić information content (AvgIpc) is 3.18. The molecule has 36 heavy (non-hydrogen) atoms. The van der Waals surface area contributed by atoms with Crippen LogP contribution >= 0.6 is 22.9 Å². The van der Waals surface area contributed by atoms with E-state index in [4.69, 9.17) is 21.6 Å². The Morgan fingerprint density at radius 2 is 2.11 bits per heavy atom. The first-order valence-corrected chi connectivity index (χ1v) is 14.2. The number of nitrogens with zero attached hydrogens (tertiary/aromatic N) is 6. The van der Waals surface area contributed by atoms with E-state index in [0.29, 0.717) is 39.7 Å². The minimum Gasteiger partial charge on any atom is -0.381 e. The lowest BCUT2D eigenvalue weighted by atomic mass is 10.1. The second-order valence-electron chi connectivity index (χ2n) is 8.45. The van der Waals surface area contributed by atoms with E-state index >= 15 is 0 Å². The van der Waals surface area contributed by atoms with E-state index in [1.54, 1.807) is 24.3 Å². The van der Waals surface area contributed by atoms with Crippen molar-refractivity contribution in [2.24, 2.45) is 4.36 Å². The molecule has 0 saturated carbocycles. The van der Waals surface area contributed by atoms with Crippen molar-refractivity contribution in [3.63, 3.8) is 0 Å². The molecular weight excluding hydrogens is 522 g/mol. The van der Waals surface area contributed by atoms with E-state index in [9.17, 15) is 9.00 Å². The lowest BCUT2D eigenvalue weighted by Crippen LogP contribution is -2.34. The molecule has 0 saturated heterocycles. The number of anilines is 3. The highest BCUT2D eigenvalue weighted by molar-refractivity contribution is 7.90. The molecule has 188 valence electrons. The van der Waals surface area contributed by atoms with E-state index in [0.717, 1.165) is 15.8 Å². The maximum absolute atomic E-state index is 12.7.